The summed E-state index contributed by atoms with van der Waals surface area (Å²) >= 11 is 0. The molecule has 0 spiro atoms. The molecule has 2 fully saturated rings. The van der Waals surface area contributed by atoms with Gasteiger partial charge in [0.05, 0.1) is 6.61 Å². The van der Waals surface area contributed by atoms with Crippen LogP contribution in [0.4, 0.5) is 13.2 Å². The molecule has 0 bridgehead atoms. The molecule has 3 rings (SSSR count). The molecule has 2 aliphatic rings. The molecule has 2 heterocycles. The third kappa shape index (κ3) is 4.11. The van der Waals surface area contributed by atoms with E-state index in [2.05, 4.69) is 14.9 Å². The minimum atomic E-state index is -4.49. The molecule has 0 radical (unpaired) electrons. The number of rotatable bonds is 6. The van der Waals surface area contributed by atoms with E-state index < -0.39 is 11.9 Å². The highest BCUT2D eigenvalue weighted by Crippen LogP contribution is 2.46. The maximum atomic E-state index is 12.6. The van der Waals surface area contributed by atoms with E-state index >= 15 is 0 Å². The molecule has 1 atom stereocenters. The van der Waals surface area contributed by atoms with E-state index in [-0.39, 0.29) is 23.8 Å². The Balaban J connectivity index is 1.48. The van der Waals surface area contributed by atoms with Crippen LogP contribution in [0.5, 0.6) is 5.88 Å². The number of aliphatic hydroxyl groups is 1. The number of hydrogen-bond acceptors (Lipinski definition) is 5. The SMILES string of the molecule is OCC1(CN2CC[C@H](COc3cc(C(F)(F)F)ncn3)C2)CC1. The number of hydrogen-bond donors (Lipinski definition) is 1. The second kappa shape index (κ2) is 6.24. The van der Waals surface area contributed by atoms with Crippen molar-refractivity contribution in [3.63, 3.8) is 0 Å². The molecule has 0 aromatic carbocycles. The van der Waals surface area contributed by atoms with E-state index in [0.717, 1.165) is 51.3 Å². The molecule has 128 valence electrons. The van der Waals surface area contributed by atoms with Gasteiger partial charge in [-0.15, -0.1) is 0 Å². The molecule has 1 N–H and O–H groups in total. The number of nitrogens with zero attached hydrogens (tertiary/aromatic N) is 3. The number of likely N-dealkylation sites (tertiary alicyclic amines) is 1. The Bertz CT molecular complexity index is 549. The Morgan fingerprint density at radius 2 is 2.13 bits per heavy atom. The van der Waals surface area contributed by atoms with Crippen LogP contribution >= 0.6 is 0 Å². The van der Waals surface area contributed by atoms with Gasteiger partial charge in [-0.3, -0.25) is 0 Å². The monoisotopic (exact) mass is 331 g/mol. The molecule has 1 aromatic rings. The molecule has 1 saturated heterocycles. The molecule has 23 heavy (non-hydrogen) atoms. The molecule has 0 unspecified atom stereocenters. The number of ether oxygens (including phenoxy) is 1. The van der Waals surface area contributed by atoms with Gasteiger partial charge in [-0.05, 0) is 25.8 Å². The lowest BCUT2D eigenvalue weighted by Crippen LogP contribution is -2.31. The number of alkyl halides is 3. The predicted octanol–water partition coefficient (Wildman–Crippen LogP) is 1.97. The van der Waals surface area contributed by atoms with Crippen LogP contribution in [0, 0.1) is 11.3 Å². The fourth-order valence-corrected chi connectivity index (χ4v) is 2.99. The van der Waals surface area contributed by atoms with E-state index in [1.807, 2.05) is 0 Å². The molecule has 1 aliphatic carbocycles. The first-order valence-corrected chi connectivity index (χ1v) is 7.75. The lowest BCUT2D eigenvalue weighted by molar-refractivity contribution is -0.141. The Kier molecular flexibility index (Phi) is 4.46. The summed E-state index contributed by atoms with van der Waals surface area (Å²) in [6, 6.07) is 0.831. The van der Waals surface area contributed by atoms with E-state index in [1.54, 1.807) is 0 Å². The van der Waals surface area contributed by atoms with Gasteiger partial charge in [-0.25, -0.2) is 9.97 Å². The largest absolute Gasteiger partial charge is 0.477 e. The van der Waals surface area contributed by atoms with Crippen LogP contribution in [0.3, 0.4) is 0 Å². The maximum Gasteiger partial charge on any atom is 0.433 e. The zero-order valence-electron chi connectivity index (χ0n) is 12.7. The van der Waals surface area contributed by atoms with E-state index in [9.17, 15) is 18.3 Å². The minimum absolute atomic E-state index is 0.0419. The van der Waals surface area contributed by atoms with Gasteiger partial charge in [0, 0.05) is 37.1 Å². The molecule has 1 saturated carbocycles. The average molecular weight is 331 g/mol. The number of halogens is 3. The van der Waals surface area contributed by atoms with Crippen molar-refractivity contribution in [2.75, 3.05) is 32.8 Å². The van der Waals surface area contributed by atoms with Gasteiger partial charge in [0.15, 0.2) is 5.69 Å². The third-order valence-corrected chi connectivity index (χ3v) is 4.62. The molecular weight excluding hydrogens is 311 g/mol. The van der Waals surface area contributed by atoms with Gasteiger partial charge >= 0.3 is 6.18 Å². The van der Waals surface area contributed by atoms with Crippen molar-refractivity contribution < 1.29 is 23.0 Å². The number of aliphatic hydroxyl groups excluding tert-OH is 1. The van der Waals surface area contributed by atoms with Gasteiger partial charge < -0.3 is 14.7 Å². The van der Waals surface area contributed by atoms with Crippen molar-refractivity contribution in [2.45, 2.75) is 25.4 Å². The fourth-order valence-electron chi connectivity index (χ4n) is 2.99. The summed E-state index contributed by atoms with van der Waals surface area (Å²) in [5.41, 5.74) is -0.904. The van der Waals surface area contributed by atoms with Crippen LogP contribution < -0.4 is 4.74 Å². The summed E-state index contributed by atoms with van der Waals surface area (Å²) in [6.07, 6.45) is -0.533. The maximum absolute atomic E-state index is 12.6. The normalized spacial score (nSPS) is 23.9. The fraction of sp³-hybridized carbons (Fsp3) is 0.733. The van der Waals surface area contributed by atoms with Crippen molar-refractivity contribution in [2.24, 2.45) is 11.3 Å². The first-order valence-electron chi connectivity index (χ1n) is 7.75. The van der Waals surface area contributed by atoms with E-state index in [4.69, 9.17) is 4.74 Å². The zero-order valence-corrected chi connectivity index (χ0v) is 12.7. The highest BCUT2D eigenvalue weighted by Gasteiger charge is 2.44. The van der Waals surface area contributed by atoms with Crippen LogP contribution in [0.1, 0.15) is 25.0 Å². The Morgan fingerprint density at radius 3 is 2.78 bits per heavy atom. The van der Waals surface area contributed by atoms with Gasteiger partial charge in [0.25, 0.3) is 0 Å². The van der Waals surface area contributed by atoms with Crippen LogP contribution in [-0.2, 0) is 6.18 Å². The summed E-state index contributed by atoms with van der Waals surface area (Å²) in [6.45, 7) is 3.25. The molecular formula is C15H20F3N3O2. The van der Waals surface area contributed by atoms with Gasteiger partial charge in [0.1, 0.15) is 6.33 Å². The molecule has 1 aromatic heterocycles. The van der Waals surface area contributed by atoms with Crippen LogP contribution in [0.15, 0.2) is 12.4 Å². The summed E-state index contributed by atoms with van der Waals surface area (Å²) in [4.78, 5) is 9.25. The smallest absolute Gasteiger partial charge is 0.433 e. The van der Waals surface area contributed by atoms with Crippen LogP contribution in [0.2, 0.25) is 0 Å². The minimum Gasteiger partial charge on any atom is -0.477 e. The van der Waals surface area contributed by atoms with Crippen LogP contribution in [-0.4, -0.2) is 52.8 Å². The lowest BCUT2D eigenvalue weighted by Gasteiger charge is -2.21. The van der Waals surface area contributed by atoms with Crippen molar-refractivity contribution in [1.29, 1.82) is 0 Å². The molecule has 5 nitrogen and oxygen atoms in total. The second-order valence-corrected chi connectivity index (χ2v) is 6.60. The van der Waals surface area contributed by atoms with Crippen LogP contribution in [0.25, 0.3) is 0 Å². The quantitative estimate of drug-likeness (QED) is 0.864. The van der Waals surface area contributed by atoms with Crippen molar-refractivity contribution in [3.05, 3.63) is 18.1 Å². The average Bonchev–Trinajstić information content (AvgIpc) is 3.15. The van der Waals surface area contributed by atoms with E-state index in [0.29, 0.717) is 6.61 Å². The second-order valence-electron chi connectivity index (χ2n) is 6.60. The molecule has 0 amide bonds. The van der Waals surface area contributed by atoms with Crippen molar-refractivity contribution in [1.82, 2.24) is 14.9 Å². The van der Waals surface area contributed by atoms with Crippen molar-refractivity contribution >= 4 is 0 Å². The topological polar surface area (TPSA) is 58.5 Å². The lowest BCUT2D eigenvalue weighted by atomic mass is 10.1. The Labute approximate surface area is 132 Å². The van der Waals surface area contributed by atoms with Gasteiger partial charge in [0.2, 0.25) is 5.88 Å². The Morgan fingerprint density at radius 1 is 1.35 bits per heavy atom. The summed E-state index contributed by atoms with van der Waals surface area (Å²) in [7, 11) is 0. The standard InChI is InChI=1S/C15H20F3N3O2/c16-15(17,18)12-5-13(20-10-19-12)23-7-11-1-4-21(6-11)8-14(9-22)2-3-14/h5,10-11,22H,1-4,6-9H2/t11-/m0/s1. The highest BCUT2D eigenvalue weighted by atomic mass is 19.4. The predicted molar refractivity (Wildman–Crippen MR) is 75.8 cm³/mol. The number of aromatic nitrogens is 2. The summed E-state index contributed by atoms with van der Waals surface area (Å²) in [5.74, 6) is 0.230. The van der Waals surface area contributed by atoms with Gasteiger partial charge in [-0.2, -0.15) is 13.2 Å². The highest BCUT2D eigenvalue weighted by molar-refractivity contribution is 5.15. The molecule has 8 heteroatoms. The Hall–Kier alpha value is -1.41. The first-order chi connectivity index (χ1) is 10.9. The van der Waals surface area contributed by atoms with Gasteiger partial charge in [-0.1, -0.05) is 0 Å². The zero-order chi connectivity index (χ0) is 16.5. The van der Waals surface area contributed by atoms with E-state index in [1.165, 1.54) is 0 Å². The summed E-state index contributed by atoms with van der Waals surface area (Å²) < 4.78 is 43.2. The molecule has 1 aliphatic heterocycles. The first kappa shape index (κ1) is 16.4. The third-order valence-electron chi connectivity index (χ3n) is 4.62. The summed E-state index contributed by atoms with van der Waals surface area (Å²) in [5, 5.41) is 9.37. The van der Waals surface area contributed by atoms with Crippen molar-refractivity contribution in [3.8, 4) is 5.88 Å².